The van der Waals surface area contributed by atoms with Gasteiger partial charge in [-0.25, -0.2) is 0 Å². The first-order valence-electron chi connectivity index (χ1n) is 7.96. The molecule has 5 N–H and O–H groups in total. The number of rotatable bonds is 5. The highest BCUT2D eigenvalue weighted by Gasteiger charge is 2.34. The van der Waals surface area contributed by atoms with Crippen molar-refractivity contribution in [1.29, 1.82) is 0 Å². The molecule has 1 heterocycles. The zero-order chi connectivity index (χ0) is 17.1. The van der Waals surface area contributed by atoms with Crippen molar-refractivity contribution >= 4 is 18.3 Å². The van der Waals surface area contributed by atoms with Crippen LogP contribution in [0.5, 0.6) is 5.75 Å². The molecule has 0 aliphatic heterocycles. The van der Waals surface area contributed by atoms with Crippen LogP contribution in [0.3, 0.4) is 0 Å². The van der Waals surface area contributed by atoms with Crippen molar-refractivity contribution in [3.05, 3.63) is 36.0 Å². The number of methoxy groups -OCH3 is 1. The first-order chi connectivity index (χ1) is 11.6. The van der Waals surface area contributed by atoms with E-state index in [-0.39, 0.29) is 30.3 Å². The van der Waals surface area contributed by atoms with Gasteiger partial charge in [-0.1, -0.05) is 0 Å². The Balaban J connectivity index is 0.00000225. The van der Waals surface area contributed by atoms with Crippen molar-refractivity contribution in [3.8, 4) is 17.0 Å². The minimum atomic E-state index is -0.593. The predicted molar refractivity (Wildman–Crippen MR) is 96.4 cm³/mol. The van der Waals surface area contributed by atoms with E-state index in [0.717, 1.165) is 22.6 Å². The van der Waals surface area contributed by atoms with E-state index < -0.39 is 6.10 Å². The number of aromatic nitrogens is 2. The van der Waals surface area contributed by atoms with Gasteiger partial charge in [-0.15, -0.1) is 12.4 Å². The van der Waals surface area contributed by atoms with Gasteiger partial charge in [-0.3, -0.25) is 9.89 Å². The van der Waals surface area contributed by atoms with E-state index in [1.165, 1.54) is 0 Å². The molecular weight excluding hydrogens is 344 g/mol. The number of H-pyrrole nitrogens is 1. The molecule has 0 unspecified atom stereocenters. The number of amides is 1. The summed E-state index contributed by atoms with van der Waals surface area (Å²) in [5, 5.41) is 19.6. The number of nitrogens with two attached hydrogens (primary N) is 1. The van der Waals surface area contributed by atoms with Gasteiger partial charge >= 0.3 is 0 Å². The lowest BCUT2D eigenvalue weighted by molar-refractivity contribution is -0.125. The standard InChI is InChI=1S/C17H22N4O3.ClH/c1-24-13-4-2-10(3-5-13)16-12(9-20-21-16)8-19-17(23)11-6-14(18)15(22)7-11;/h2-5,9,11,14-15,22H,6-8,18H2,1H3,(H,19,23)(H,20,21);1H/t11-,14+,15+;/m0./s1. The van der Waals surface area contributed by atoms with Crippen LogP contribution in [0.25, 0.3) is 11.3 Å². The van der Waals surface area contributed by atoms with E-state index in [9.17, 15) is 9.90 Å². The van der Waals surface area contributed by atoms with Gasteiger partial charge in [0.05, 0.1) is 25.1 Å². The molecule has 2 aromatic rings. The SMILES string of the molecule is COc1ccc(-c2[nH]ncc2CNC(=O)[C@H]2C[C@@H](N)[C@H](O)C2)cc1.Cl. The fourth-order valence-electron chi connectivity index (χ4n) is 3.04. The number of hydrogen-bond acceptors (Lipinski definition) is 5. The van der Waals surface area contributed by atoms with E-state index in [0.29, 0.717) is 19.4 Å². The van der Waals surface area contributed by atoms with Gasteiger partial charge in [0.25, 0.3) is 0 Å². The number of carbonyl (C=O) groups excluding carboxylic acids is 1. The maximum Gasteiger partial charge on any atom is 0.223 e. The summed E-state index contributed by atoms with van der Waals surface area (Å²) >= 11 is 0. The predicted octanol–water partition coefficient (Wildman–Crippen LogP) is 1.22. The lowest BCUT2D eigenvalue weighted by Crippen LogP contribution is -2.30. The summed E-state index contributed by atoms with van der Waals surface area (Å²) in [4.78, 5) is 12.2. The maximum absolute atomic E-state index is 12.2. The highest BCUT2D eigenvalue weighted by molar-refractivity contribution is 5.85. The third-order valence-corrected chi connectivity index (χ3v) is 4.50. The Kier molecular flexibility index (Phi) is 6.41. The minimum absolute atomic E-state index is 0. The van der Waals surface area contributed by atoms with Crippen molar-refractivity contribution in [2.45, 2.75) is 31.5 Å². The molecule has 136 valence electrons. The van der Waals surface area contributed by atoms with Crippen LogP contribution in [-0.2, 0) is 11.3 Å². The fraction of sp³-hybridized carbons (Fsp3) is 0.412. The van der Waals surface area contributed by atoms with E-state index in [2.05, 4.69) is 15.5 Å². The van der Waals surface area contributed by atoms with Crippen molar-refractivity contribution in [1.82, 2.24) is 15.5 Å². The molecule has 25 heavy (non-hydrogen) atoms. The summed E-state index contributed by atoms with van der Waals surface area (Å²) in [6, 6.07) is 7.30. The molecule has 1 aliphatic carbocycles. The lowest BCUT2D eigenvalue weighted by atomic mass is 10.1. The molecule has 0 spiro atoms. The number of aromatic amines is 1. The van der Waals surface area contributed by atoms with Crippen LogP contribution in [0, 0.1) is 5.92 Å². The lowest BCUT2D eigenvalue weighted by Gasteiger charge is -2.11. The molecule has 3 atom stereocenters. The first-order valence-corrected chi connectivity index (χ1v) is 7.96. The van der Waals surface area contributed by atoms with Crippen LogP contribution < -0.4 is 15.8 Å². The van der Waals surface area contributed by atoms with Crippen molar-refractivity contribution in [3.63, 3.8) is 0 Å². The summed E-state index contributed by atoms with van der Waals surface area (Å²) in [6.45, 7) is 0.374. The van der Waals surface area contributed by atoms with Gasteiger partial charge < -0.3 is 20.9 Å². The van der Waals surface area contributed by atoms with Crippen molar-refractivity contribution in [2.24, 2.45) is 11.7 Å². The summed E-state index contributed by atoms with van der Waals surface area (Å²) < 4.78 is 5.16. The maximum atomic E-state index is 12.2. The molecule has 8 heteroatoms. The molecule has 1 fully saturated rings. The van der Waals surface area contributed by atoms with E-state index >= 15 is 0 Å². The van der Waals surface area contributed by atoms with Gasteiger partial charge in [0.15, 0.2) is 0 Å². The van der Waals surface area contributed by atoms with Crippen LogP contribution >= 0.6 is 12.4 Å². The molecule has 0 radical (unpaired) electrons. The average Bonchev–Trinajstić information content (AvgIpc) is 3.20. The molecule has 1 aromatic heterocycles. The third-order valence-electron chi connectivity index (χ3n) is 4.50. The van der Waals surface area contributed by atoms with Crippen molar-refractivity contribution in [2.75, 3.05) is 7.11 Å². The molecule has 1 amide bonds. The quantitative estimate of drug-likeness (QED) is 0.635. The minimum Gasteiger partial charge on any atom is -0.497 e. The van der Waals surface area contributed by atoms with Gasteiger partial charge in [-0.2, -0.15) is 5.10 Å². The molecule has 7 nitrogen and oxygen atoms in total. The van der Waals surface area contributed by atoms with E-state index in [4.69, 9.17) is 10.5 Å². The van der Waals surface area contributed by atoms with Gasteiger partial charge in [-0.05, 0) is 37.1 Å². The zero-order valence-corrected chi connectivity index (χ0v) is 14.8. The monoisotopic (exact) mass is 366 g/mol. The topological polar surface area (TPSA) is 113 Å². The Morgan fingerprint density at radius 3 is 2.72 bits per heavy atom. The van der Waals surface area contributed by atoms with E-state index in [1.54, 1.807) is 13.3 Å². The Morgan fingerprint density at radius 1 is 1.40 bits per heavy atom. The van der Waals surface area contributed by atoms with Crippen LogP contribution in [0.2, 0.25) is 0 Å². The van der Waals surface area contributed by atoms with E-state index in [1.807, 2.05) is 24.3 Å². The Labute approximate surface area is 152 Å². The summed E-state index contributed by atoms with van der Waals surface area (Å²) in [6.07, 6.45) is 2.05. The van der Waals surface area contributed by atoms with Crippen LogP contribution in [0.1, 0.15) is 18.4 Å². The van der Waals surface area contributed by atoms with Crippen LogP contribution in [0.15, 0.2) is 30.5 Å². The molecule has 1 saturated carbocycles. The second-order valence-corrected chi connectivity index (χ2v) is 6.12. The highest BCUT2D eigenvalue weighted by atomic mass is 35.5. The van der Waals surface area contributed by atoms with Gasteiger partial charge in [0.1, 0.15) is 5.75 Å². The average molecular weight is 367 g/mol. The number of hydrogen-bond donors (Lipinski definition) is 4. The second kappa shape index (κ2) is 8.33. The van der Waals surface area contributed by atoms with Gasteiger partial charge in [0, 0.05) is 29.6 Å². The summed E-state index contributed by atoms with van der Waals surface area (Å²) in [7, 11) is 1.62. The zero-order valence-electron chi connectivity index (χ0n) is 13.9. The Bertz CT molecular complexity index is 694. The molecular formula is C17H23ClN4O3. The Hall–Kier alpha value is -2.09. The number of ether oxygens (including phenoxy) is 1. The largest absolute Gasteiger partial charge is 0.497 e. The molecule has 3 rings (SSSR count). The summed E-state index contributed by atoms with van der Waals surface area (Å²) in [5.74, 6) is 0.472. The first kappa shape index (κ1) is 19.2. The molecule has 0 bridgehead atoms. The molecule has 1 aromatic carbocycles. The molecule has 1 aliphatic rings. The third kappa shape index (κ3) is 4.31. The Morgan fingerprint density at radius 2 is 2.12 bits per heavy atom. The smallest absolute Gasteiger partial charge is 0.223 e. The highest BCUT2D eigenvalue weighted by Crippen LogP contribution is 2.26. The number of aliphatic hydroxyl groups excluding tert-OH is 1. The number of aliphatic hydroxyl groups is 1. The normalized spacial score (nSPS) is 22.3. The number of nitrogens with zero attached hydrogens (tertiary/aromatic N) is 1. The number of carbonyl (C=O) groups is 1. The number of halogens is 1. The number of benzene rings is 1. The van der Waals surface area contributed by atoms with Crippen LogP contribution in [-0.4, -0.2) is 40.5 Å². The van der Waals surface area contributed by atoms with Crippen molar-refractivity contribution < 1.29 is 14.6 Å². The second-order valence-electron chi connectivity index (χ2n) is 6.12. The summed E-state index contributed by atoms with van der Waals surface area (Å²) in [5.41, 5.74) is 8.50. The van der Waals surface area contributed by atoms with Gasteiger partial charge in [0.2, 0.25) is 5.91 Å². The number of nitrogens with one attached hydrogen (secondary N) is 2. The fourth-order valence-corrected chi connectivity index (χ4v) is 3.04. The molecule has 0 saturated heterocycles. The van der Waals surface area contributed by atoms with Crippen LogP contribution in [0.4, 0.5) is 0 Å².